The number of hydrogen-bond donors (Lipinski definition) is 1. The standard InChI is InChI=1S/C10H13BrN2O2/c11-8-6-9(10(14)15)13(7-8)12-4-2-1-3-5-12/h6-7H,1-5H2,(H,14,15). The Morgan fingerprint density at radius 2 is 2.00 bits per heavy atom. The highest BCUT2D eigenvalue weighted by atomic mass is 79.9. The zero-order valence-corrected chi connectivity index (χ0v) is 9.90. The van der Waals surface area contributed by atoms with Crippen molar-refractivity contribution < 1.29 is 9.90 Å². The zero-order valence-electron chi connectivity index (χ0n) is 8.32. The predicted octanol–water partition coefficient (Wildman–Crippen LogP) is 2.07. The van der Waals surface area contributed by atoms with Crippen molar-refractivity contribution in [1.82, 2.24) is 4.68 Å². The highest BCUT2D eigenvalue weighted by Gasteiger charge is 2.18. The topological polar surface area (TPSA) is 45.5 Å². The van der Waals surface area contributed by atoms with Gasteiger partial charge in [0, 0.05) is 23.8 Å². The van der Waals surface area contributed by atoms with Crippen LogP contribution in [0.3, 0.4) is 0 Å². The first kappa shape index (κ1) is 10.5. The van der Waals surface area contributed by atoms with Crippen molar-refractivity contribution in [2.75, 3.05) is 18.1 Å². The summed E-state index contributed by atoms with van der Waals surface area (Å²) >= 11 is 3.31. The van der Waals surface area contributed by atoms with Crippen molar-refractivity contribution in [3.8, 4) is 0 Å². The second-order valence-corrected chi connectivity index (χ2v) is 4.62. The molecule has 1 aromatic rings. The average molecular weight is 273 g/mol. The van der Waals surface area contributed by atoms with E-state index in [9.17, 15) is 4.79 Å². The van der Waals surface area contributed by atoms with E-state index in [1.165, 1.54) is 6.42 Å². The zero-order chi connectivity index (χ0) is 10.8. The first-order valence-electron chi connectivity index (χ1n) is 5.05. The summed E-state index contributed by atoms with van der Waals surface area (Å²) in [4.78, 5) is 11.0. The molecule has 0 unspecified atom stereocenters. The molecule has 5 heteroatoms. The molecule has 0 spiro atoms. The van der Waals surface area contributed by atoms with Crippen LogP contribution in [0.4, 0.5) is 0 Å². The monoisotopic (exact) mass is 272 g/mol. The molecule has 0 radical (unpaired) electrons. The van der Waals surface area contributed by atoms with Gasteiger partial charge in [0.15, 0.2) is 0 Å². The summed E-state index contributed by atoms with van der Waals surface area (Å²) in [5.74, 6) is -0.883. The molecule has 2 heterocycles. The van der Waals surface area contributed by atoms with E-state index >= 15 is 0 Å². The number of carboxylic acid groups (broad SMARTS) is 1. The van der Waals surface area contributed by atoms with E-state index in [1.807, 2.05) is 6.20 Å². The predicted molar refractivity (Wildman–Crippen MR) is 60.9 cm³/mol. The van der Waals surface area contributed by atoms with Gasteiger partial charge in [-0.25, -0.2) is 4.79 Å². The van der Waals surface area contributed by atoms with Gasteiger partial charge in [0.05, 0.1) is 0 Å². The summed E-state index contributed by atoms with van der Waals surface area (Å²) < 4.78 is 2.55. The third-order valence-electron chi connectivity index (χ3n) is 2.62. The fourth-order valence-electron chi connectivity index (χ4n) is 1.91. The van der Waals surface area contributed by atoms with Crippen molar-refractivity contribution in [3.63, 3.8) is 0 Å². The van der Waals surface area contributed by atoms with E-state index in [0.717, 1.165) is 30.4 Å². The Balaban J connectivity index is 2.28. The van der Waals surface area contributed by atoms with E-state index < -0.39 is 5.97 Å². The van der Waals surface area contributed by atoms with Crippen molar-refractivity contribution in [1.29, 1.82) is 0 Å². The number of hydrogen-bond acceptors (Lipinski definition) is 2. The summed E-state index contributed by atoms with van der Waals surface area (Å²) in [5.41, 5.74) is 0.323. The maximum absolute atomic E-state index is 11.0. The summed E-state index contributed by atoms with van der Waals surface area (Å²) in [6, 6.07) is 1.64. The maximum atomic E-state index is 11.0. The Morgan fingerprint density at radius 1 is 1.33 bits per heavy atom. The Bertz CT molecular complexity index is 369. The van der Waals surface area contributed by atoms with E-state index in [-0.39, 0.29) is 0 Å². The molecule has 2 rings (SSSR count). The lowest BCUT2D eigenvalue weighted by Gasteiger charge is -2.30. The fourth-order valence-corrected chi connectivity index (χ4v) is 2.32. The summed E-state index contributed by atoms with van der Waals surface area (Å²) in [7, 11) is 0. The quantitative estimate of drug-likeness (QED) is 0.897. The number of piperidine rings is 1. The van der Waals surface area contributed by atoms with Crippen molar-refractivity contribution in [3.05, 3.63) is 22.4 Å². The van der Waals surface area contributed by atoms with Gasteiger partial charge in [0.25, 0.3) is 0 Å². The summed E-state index contributed by atoms with van der Waals surface area (Å²) in [6.07, 6.45) is 5.32. The third kappa shape index (κ3) is 2.17. The van der Waals surface area contributed by atoms with Gasteiger partial charge < -0.3 is 10.1 Å². The van der Waals surface area contributed by atoms with Crippen LogP contribution in [0.1, 0.15) is 29.8 Å². The van der Waals surface area contributed by atoms with Crippen LogP contribution in [0, 0.1) is 0 Å². The fraction of sp³-hybridized carbons (Fsp3) is 0.500. The number of carbonyl (C=O) groups is 1. The molecular formula is C10H13BrN2O2. The van der Waals surface area contributed by atoms with Gasteiger partial charge in [-0.2, -0.15) is 0 Å². The van der Waals surface area contributed by atoms with Crippen molar-refractivity contribution in [2.45, 2.75) is 19.3 Å². The Labute approximate surface area is 96.6 Å². The minimum atomic E-state index is -0.883. The van der Waals surface area contributed by atoms with Crippen LogP contribution in [0.25, 0.3) is 0 Å². The highest BCUT2D eigenvalue weighted by Crippen LogP contribution is 2.17. The van der Waals surface area contributed by atoms with Crippen LogP contribution in [0.5, 0.6) is 0 Å². The number of carboxylic acids is 1. The SMILES string of the molecule is O=C(O)c1cc(Br)cn1N1CCCCC1. The van der Waals surface area contributed by atoms with Crippen molar-refractivity contribution in [2.24, 2.45) is 0 Å². The second kappa shape index (κ2) is 4.26. The van der Waals surface area contributed by atoms with Gasteiger partial charge in [0.2, 0.25) is 0 Å². The number of rotatable bonds is 2. The molecule has 0 aliphatic carbocycles. The molecule has 1 aromatic heterocycles. The average Bonchev–Trinajstić information content (AvgIpc) is 2.62. The molecular weight excluding hydrogens is 260 g/mol. The Hall–Kier alpha value is -0.970. The molecule has 15 heavy (non-hydrogen) atoms. The van der Waals surface area contributed by atoms with Crippen LogP contribution < -0.4 is 5.01 Å². The molecule has 0 atom stereocenters. The lowest BCUT2D eigenvalue weighted by atomic mass is 10.2. The molecule has 1 fully saturated rings. The first-order chi connectivity index (χ1) is 7.18. The Kier molecular flexibility index (Phi) is 3.00. The number of nitrogens with zero attached hydrogens (tertiary/aromatic N) is 2. The normalized spacial score (nSPS) is 16.7. The van der Waals surface area contributed by atoms with E-state index in [0.29, 0.717) is 5.69 Å². The van der Waals surface area contributed by atoms with E-state index in [4.69, 9.17) is 5.11 Å². The van der Waals surface area contributed by atoms with Crippen LogP contribution in [0.15, 0.2) is 16.7 Å². The minimum Gasteiger partial charge on any atom is -0.477 e. The van der Waals surface area contributed by atoms with Gasteiger partial charge in [-0.1, -0.05) is 0 Å². The van der Waals surface area contributed by atoms with Crippen LogP contribution in [0.2, 0.25) is 0 Å². The molecule has 0 bridgehead atoms. The number of aromatic carboxylic acids is 1. The first-order valence-corrected chi connectivity index (χ1v) is 5.84. The molecule has 1 aliphatic heterocycles. The summed E-state index contributed by atoms with van der Waals surface area (Å²) in [5, 5.41) is 11.1. The van der Waals surface area contributed by atoms with Gasteiger partial charge in [-0.05, 0) is 41.3 Å². The maximum Gasteiger partial charge on any atom is 0.354 e. The van der Waals surface area contributed by atoms with Crippen LogP contribution in [-0.2, 0) is 0 Å². The largest absolute Gasteiger partial charge is 0.477 e. The minimum absolute atomic E-state index is 0.323. The number of halogens is 1. The molecule has 82 valence electrons. The van der Waals surface area contributed by atoms with Crippen LogP contribution in [-0.4, -0.2) is 28.8 Å². The molecule has 1 saturated heterocycles. The molecule has 1 aliphatic rings. The second-order valence-electron chi connectivity index (χ2n) is 3.71. The van der Waals surface area contributed by atoms with Crippen LogP contribution >= 0.6 is 15.9 Å². The molecule has 1 N–H and O–H groups in total. The lowest BCUT2D eigenvalue weighted by Crippen LogP contribution is -2.40. The number of aromatic nitrogens is 1. The summed E-state index contributed by atoms with van der Waals surface area (Å²) in [6.45, 7) is 1.86. The Morgan fingerprint density at radius 3 is 2.60 bits per heavy atom. The van der Waals surface area contributed by atoms with Gasteiger partial charge >= 0.3 is 5.97 Å². The molecule has 4 nitrogen and oxygen atoms in total. The molecule has 0 amide bonds. The molecule has 0 aromatic carbocycles. The smallest absolute Gasteiger partial charge is 0.354 e. The van der Waals surface area contributed by atoms with E-state index in [1.54, 1.807) is 10.7 Å². The van der Waals surface area contributed by atoms with Gasteiger partial charge in [-0.3, -0.25) is 4.68 Å². The van der Waals surface area contributed by atoms with Gasteiger partial charge in [0.1, 0.15) is 5.69 Å². The van der Waals surface area contributed by atoms with E-state index in [2.05, 4.69) is 20.9 Å². The molecule has 0 saturated carbocycles. The highest BCUT2D eigenvalue weighted by molar-refractivity contribution is 9.10. The van der Waals surface area contributed by atoms with Gasteiger partial charge in [-0.15, -0.1) is 0 Å². The lowest BCUT2D eigenvalue weighted by molar-refractivity contribution is 0.0684. The van der Waals surface area contributed by atoms with Crippen molar-refractivity contribution >= 4 is 21.9 Å². The third-order valence-corrected chi connectivity index (χ3v) is 3.06.